The predicted octanol–water partition coefficient (Wildman–Crippen LogP) is 2.40. The SMILES string of the molecule is COc1ccc(OC)c([C@@H]2CCCN2S(=O)(=O)c2ccc3[nH]c(=O)[nH]c3c2)c1. The standard InChI is InChI=1S/C19H21N3O5S/c1-26-12-5-8-18(27-2)14(10-12)17-4-3-9-22(17)28(24,25)13-6-7-15-16(11-13)21-19(23)20-15/h5-8,10-11,17H,3-4,9H2,1-2H3,(H2,20,21,23)/t17-/m0/s1. The number of sulfonamides is 1. The van der Waals surface area contributed by atoms with Crippen molar-refractivity contribution in [3.8, 4) is 11.5 Å². The molecule has 1 aliphatic heterocycles. The van der Waals surface area contributed by atoms with Crippen molar-refractivity contribution in [3.63, 3.8) is 0 Å². The van der Waals surface area contributed by atoms with Gasteiger partial charge in [-0.2, -0.15) is 4.31 Å². The number of fused-ring (bicyclic) bond motifs is 1. The van der Waals surface area contributed by atoms with Gasteiger partial charge in [-0.15, -0.1) is 0 Å². The zero-order chi connectivity index (χ0) is 19.9. The number of aromatic nitrogens is 2. The van der Waals surface area contributed by atoms with Gasteiger partial charge in [0.25, 0.3) is 0 Å². The zero-order valence-corrected chi connectivity index (χ0v) is 16.4. The molecule has 0 aliphatic carbocycles. The van der Waals surface area contributed by atoms with Crippen LogP contribution in [-0.4, -0.2) is 43.5 Å². The van der Waals surface area contributed by atoms with Crippen LogP contribution in [0.5, 0.6) is 11.5 Å². The minimum atomic E-state index is -3.76. The number of aromatic amines is 2. The Labute approximate surface area is 162 Å². The number of hydrogen-bond donors (Lipinski definition) is 2. The highest BCUT2D eigenvalue weighted by Gasteiger charge is 2.37. The Kier molecular flexibility index (Phi) is 4.64. The van der Waals surface area contributed by atoms with Crippen LogP contribution in [0.4, 0.5) is 0 Å². The summed E-state index contributed by atoms with van der Waals surface area (Å²) in [5.74, 6) is 1.27. The van der Waals surface area contributed by atoms with Gasteiger partial charge in [-0.05, 0) is 49.2 Å². The lowest BCUT2D eigenvalue weighted by Gasteiger charge is -2.26. The Morgan fingerprint density at radius 2 is 1.82 bits per heavy atom. The fraction of sp³-hybridized carbons (Fsp3) is 0.316. The van der Waals surface area contributed by atoms with Gasteiger partial charge in [-0.25, -0.2) is 13.2 Å². The van der Waals surface area contributed by atoms with Gasteiger partial charge in [-0.3, -0.25) is 0 Å². The average molecular weight is 403 g/mol. The molecule has 0 saturated carbocycles. The number of benzene rings is 2. The maximum Gasteiger partial charge on any atom is 0.323 e. The number of nitrogens with zero attached hydrogens (tertiary/aromatic N) is 1. The van der Waals surface area contributed by atoms with E-state index in [0.717, 1.165) is 12.0 Å². The van der Waals surface area contributed by atoms with Crippen LogP contribution < -0.4 is 15.2 Å². The molecule has 1 saturated heterocycles. The molecule has 2 aromatic carbocycles. The van der Waals surface area contributed by atoms with Crippen LogP contribution >= 0.6 is 0 Å². The van der Waals surface area contributed by atoms with Crippen LogP contribution in [0.25, 0.3) is 11.0 Å². The number of ether oxygens (including phenoxy) is 2. The van der Waals surface area contributed by atoms with Gasteiger partial charge in [0.15, 0.2) is 0 Å². The van der Waals surface area contributed by atoms with Crippen molar-refractivity contribution in [2.24, 2.45) is 0 Å². The monoisotopic (exact) mass is 403 g/mol. The maximum atomic E-state index is 13.4. The molecule has 3 aromatic rings. The fourth-order valence-corrected chi connectivity index (χ4v) is 5.45. The highest BCUT2D eigenvalue weighted by molar-refractivity contribution is 7.89. The Balaban J connectivity index is 1.77. The van der Waals surface area contributed by atoms with Crippen molar-refractivity contribution in [1.82, 2.24) is 14.3 Å². The average Bonchev–Trinajstić information content (AvgIpc) is 3.32. The van der Waals surface area contributed by atoms with E-state index in [4.69, 9.17) is 9.47 Å². The molecule has 0 amide bonds. The van der Waals surface area contributed by atoms with E-state index in [9.17, 15) is 13.2 Å². The number of H-pyrrole nitrogens is 2. The normalized spacial score (nSPS) is 17.9. The first kappa shape index (κ1) is 18.6. The molecule has 1 aliphatic rings. The molecule has 1 aromatic heterocycles. The summed E-state index contributed by atoms with van der Waals surface area (Å²) in [5, 5.41) is 0. The number of methoxy groups -OCH3 is 2. The number of hydrogen-bond acceptors (Lipinski definition) is 5. The van der Waals surface area contributed by atoms with Crippen LogP contribution in [0.2, 0.25) is 0 Å². The van der Waals surface area contributed by atoms with E-state index < -0.39 is 10.0 Å². The third kappa shape index (κ3) is 3.06. The fourth-order valence-electron chi connectivity index (χ4n) is 3.75. The van der Waals surface area contributed by atoms with Crippen LogP contribution in [0, 0.1) is 0 Å². The molecule has 0 radical (unpaired) electrons. The van der Waals surface area contributed by atoms with E-state index in [0.29, 0.717) is 35.5 Å². The molecule has 9 heteroatoms. The van der Waals surface area contributed by atoms with E-state index in [1.54, 1.807) is 32.4 Å². The lowest BCUT2D eigenvalue weighted by molar-refractivity contribution is 0.361. The number of imidazole rings is 1. The number of nitrogens with one attached hydrogen (secondary N) is 2. The molecule has 28 heavy (non-hydrogen) atoms. The van der Waals surface area contributed by atoms with Crippen LogP contribution in [0.1, 0.15) is 24.4 Å². The molecular weight excluding hydrogens is 382 g/mol. The van der Waals surface area contributed by atoms with E-state index >= 15 is 0 Å². The third-order valence-corrected chi connectivity index (χ3v) is 7.00. The molecule has 148 valence electrons. The molecule has 1 atom stereocenters. The van der Waals surface area contributed by atoms with E-state index in [-0.39, 0.29) is 16.6 Å². The summed E-state index contributed by atoms with van der Waals surface area (Å²) >= 11 is 0. The smallest absolute Gasteiger partial charge is 0.323 e. The van der Waals surface area contributed by atoms with Crippen molar-refractivity contribution in [3.05, 3.63) is 52.4 Å². The van der Waals surface area contributed by atoms with Crippen molar-refractivity contribution in [2.75, 3.05) is 20.8 Å². The van der Waals surface area contributed by atoms with Gasteiger partial charge >= 0.3 is 5.69 Å². The Bertz CT molecular complexity index is 1180. The van der Waals surface area contributed by atoms with E-state index in [2.05, 4.69) is 9.97 Å². The maximum absolute atomic E-state index is 13.4. The first-order valence-electron chi connectivity index (χ1n) is 8.90. The minimum Gasteiger partial charge on any atom is -0.497 e. The summed E-state index contributed by atoms with van der Waals surface area (Å²) in [7, 11) is -0.626. The second-order valence-corrected chi connectivity index (χ2v) is 8.56. The molecule has 8 nitrogen and oxygen atoms in total. The van der Waals surface area contributed by atoms with Gasteiger partial charge in [-0.1, -0.05) is 0 Å². The first-order valence-corrected chi connectivity index (χ1v) is 10.3. The Morgan fingerprint density at radius 1 is 1.04 bits per heavy atom. The van der Waals surface area contributed by atoms with Gasteiger partial charge < -0.3 is 19.4 Å². The molecule has 0 unspecified atom stereocenters. The van der Waals surface area contributed by atoms with Crippen molar-refractivity contribution in [1.29, 1.82) is 0 Å². The van der Waals surface area contributed by atoms with Crippen molar-refractivity contribution >= 4 is 21.1 Å². The molecule has 2 heterocycles. The second kappa shape index (κ2) is 6.99. The van der Waals surface area contributed by atoms with Gasteiger partial charge in [0.05, 0.1) is 36.2 Å². The van der Waals surface area contributed by atoms with Crippen LogP contribution in [0.15, 0.2) is 46.1 Å². The molecule has 0 bridgehead atoms. The van der Waals surface area contributed by atoms with Gasteiger partial charge in [0.2, 0.25) is 10.0 Å². The summed E-state index contributed by atoms with van der Waals surface area (Å²) in [5.41, 5.74) is 1.43. The molecule has 4 rings (SSSR count). The summed E-state index contributed by atoms with van der Waals surface area (Å²) in [4.78, 5) is 16.8. The quantitative estimate of drug-likeness (QED) is 0.681. The van der Waals surface area contributed by atoms with E-state index in [1.165, 1.54) is 16.4 Å². The molecular formula is C19H21N3O5S. The Hall–Kier alpha value is -2.78. The lowest BCUT2D eigenvalue weighted by atomic mass is 10.0. The molecule has 0 spiro atoms. The van der Waals surface area contributed by atoms with Crippen LogP contribution in [0.3, 0.4) is 0 Å². The first-order chi connectivity index (χ1) is 13.4. The Morgan fingerprint density at radius 3 is 2.57 bits per heavy atom. The minimum absolute atomic E-state index is 0.143. The molecule has 2 N–H and O–H groups in total. The van der Waals surface area contributed by atoms with Crippen LogP contribution in [-0.2, 0) is 10.0 Å². The second-order valence-electron chi connectivity index (χ2n) is 6.67. The summed E-state index contributed by atoms with van der Waals surface area (Å²) in [6.07, 6.45) is 1.43. The van der Waals surface area contributed by atoms with Gasteiger partial charge in [0.1, 0.15) is 11.5 Å². The largest absolute Gasteiger partial charge is 0.497 e. The van der Waals surface area contributed by atoms with Gasteiger partial charge in [0, 0.05) is 12.1 Å². The third-order valence-electron chi connectivity index (χ3n) is 5.09. The summed E-state index contributed by atoms with van der Waals surface area (Å²) in [6.45, 7) is 0.412. The molecule has 1 fully saturated rings. The lowest BCUT2D eigenvalue weighted by Crippen LogP contribution is -2.31. The highest BCUT2D eigenvalue weighted by atomic mass is 32.2. The summed E-state index contributed by atoms with van der Waals surface area (Å²) < 4.78 is 39.0. The number of rotatable bonds is 5. The zero-order valence-electron chi connectivity index (χ0n) is 15.6. The predicted molar refractivity (Wildman–Crippen MR) is 104 cm³/mol. The van der Waals surface area contributed by atoms with E-state index in [1.807, 2.05) is 6.07 Å². The van der Waals surface area contributed by atoms with Crippen molar-refractivity contribution < 1.29 is 17.9 Å². The summed E-state index contributed by atoms with van der Waals surface area (Å²) in [6, 6.07) is 9.64. The highest BCUT2D eigenvalue weighted by Crippen LogP contribution is 2.41. The van der Waals surface area contributed by atoms with Crippen molar-refractivity contribution in [2.45, 2.75) is 23.8 Å². The topological polar surface area (TPSA) is 104 Å².